The molecule has 0 bridgehead atoms. The number of benzene rings is 1. The van der Waals surface area contributed by atoms with Gasteiger partial charge in [-0.1, -0.05) is 26.0 Å². The molecule has 1 N–H and O–H groups in total. The third-order valence-electron chi connectivity index (χ3n) is 3.88. The number of hydrogen-bond donors (Lipinski definition) is 1. The molecule has 1 aromatic carbocycles. The van der Waals surface area contributed by atoms with Crippen molar-refractivity contribution in [2.75, 3.05) is 19.0 Å². The van der Waals surface area contributed by atoms with Gasteiger partial charge in [-0.3, -0.25) is 4.57 Å². The van der Waals surface area contributed by atoms with Crippen LogP contribution in [0.25, 0.3) is 17.2 Å². The smallest absolute Gasteiger partial charge is 0.170 e. The quantitative estimate of drug-likeness (QED) is 0.776. The number of hydrogen-bond acceptors (Lipinski definition) is 5. The average molecular weight is 325 g/mol. The Morgan fingerprint density at radius 1 is 1.17 bits per heavy atom. The van der Waals surface area contributed by atoms with E-state index >= 15 is 0 Å². The van der Waals surface area contributed by atoms with Gasteiger partial charge in [0.2, 0.25) is 0 Å². The summed E-state index contributed by atoms with van der Waals surface area (Å²) in [5.74, 6) is 4.25. The molecular weight excluding hydrogens is 302 g/mol. The van der Waals surface area contributed by atoms with Crippen molar-refractivity contribution in [3.63, 3.8) is 0 Å². The number of para-hydroxylation sites is 2. The molecule has 2 aliphatic rings. The molecule has 2 aliphatic heterocycles. The summed E-state index contributed by atoms with van der Waals surface area (Å²) in [6.45, 7) is 8.98. The fourth-order valence-electron chi connectivity index (χ4n) is 2.74. The maximum Gasteiger partial charge on any atom is 0.170 e. The molecule has 6 heteroatoms. The first-order chi connectivity index (χ1) is 11.6. The Labute approximate surface area is 142 Å². The molecule has 0 saturated carbocycles. The van der Waals surface area contributed by atoms with Crippen molar-refractivity contribution in [3.05, 3.63) is 35.9 Å². The lowest BCUT2D eigenvalue weighted by Gasteiger charge is -2.18. The number of nitrogens with zero attached hydrogens (tertiary/aromatic N) is 4. The number of ether oxygens (including phenoxy) is 1. The Morgan fingerprint density at radius 2 is 1.92 bits per heavy atom. The molecule has 2 heterocycles. The van der Waals surface area contributed by atoms with Gasteiger partial charge in [0.25, 0.3) is 0 Å². The van der Waals surface area contributed by atoms with Crippen molar-refractivity contribution < 1.29 is 4.74 Å². The monoisotopic (exact) mass is 325 g/mol. The molecule has 0 radical (unpaired) electrons. The predicted octanol–water partition coefficient (Wildman–Crippen LogP) is 3.64. The summed E-state index contributed by atoms with van der Waals surface area (Å²) in [6, 6.07) is 7.87. The Bertz CT molecular complexity index is 824. The van der Waals surface area contributed by atoms with Gasteiger partial charge in [0.1, 0.15) is 17.4 Å². The minimum atomic E-state index is 0.248. The third kappa shape index (κ3) is 2.68. The summed E-state index contributed by atoms with van der Waals surface area (Å²) in [6.07, 6.45) is 0. The minimum Gasteiger partial charge on any atom is -0.495 e. The van der Waals surface area contributed by atoms with Crippen molar-refractivity contribution in [1.29, 1.82) is 0 Å². The van der Waals surface area contributed by atoms with Gasteiger partial charge in [-0.25, -0.2) is 15.0 Å². The van der Waals surface area contributed by atoms with E-state index in [2.05, 4.69) is 19.2 Å². The molecule has 0 unspecified atom stereocenters. The van der Waals surface area contributed by atoms with Crippen LogP contribution in [-0.2, 0) is 0 Å². The Kier molecular flexibility index (Phi) is 4.38. The van der Waals surface area contributed by atoms with Gasteiger partial charge in [-0.15, -0.1) is 0 Å². The molecule has 126 valence electrons. The van der Waals surface area contributed by atoms with Crippen LogP contribution in [0.2, 0.25) is 0 Å². The maximum atomic E-state index is 5.52. The number of anilines is 1. The van der Waals surface area contributed by atoms with Crippen molar-refractivity contribution in [3.8, 4) is 23.0 Å². The van der Waals surface area contributed by atoms with Crippen LogP contribution in [0.5, 0.6) is 5.75 Å². The summed E-state index contributed by atoms with van der Waals surface area (Å²) in [7, 11) is 1.67. The van der Waals surface area contributed by atoms with E-state index < -0.39 is 0 Å². The molecule has 0 atom stereocenters. The number of fused-ring (bicyclic) bond motifs is 1. The van der Waals surface area contributed by atoms with E-state index in [0.717, 1.165) is 47.0 Å². The Hall–Kier alpha value is -2.63. The van der Waals surface area contributed by atoms with Crippen molar-refractivity contribution in [2.24, 2.45) is 0 Å². The zero-order valence-electron chi connectivity index (χ0n) is 14.8. The summed E-state index contributed by atoms with van der Waals surface area (Å²) in [5.41, 5.74) is 1.70. The van der Waals surface area contributed by atoms with Crippen LogP contribution in [0.3, 0.4) is 0 Å². The van der Waals surface area contributed by atoms with Crippen molar-refractivity contribution in [2.45, 2.75) is 33.6 Å². The van der Waals surface area contributed by atoms with Crippen LogP contribution < -0.4 is 10.1 Å². The van der Waals surface area contributed by atoms with Crippen LogP contribution in [0.1, 0.15) is 38.3 Å². The van der Waals surface area contributed by atoms with E-state index in [1.54, 1.807) is 7.11 Å². The number of imidazole rings is 1. The van der Waals surface area contributed by atoms with Crippen LogP contribution in [0.4, 0.5) is 5.82 Å². The molecule has 24 heavy (non-hydrogen) atoms. The molecule has 0 saturated heterocycles. The molecule has 0 amide bonds. The van der Waals surface area contributed by atoms with E-state index in [9.17, 15) is 0 Å². The summed E-state index contributed by atoms with van der Waals surface area (Å²) < 4.78 is 7.53. The van der Waals surface area contributed by atoms with E-state index in [1.165, 1.54) is 0 Å². The first-order valence-corrected chi connectivity index (χ1v) is 8.21. The first-order valence-electron chi connectivity index (χ1n) is 8.21. The van der Waals surface area contributed by atoms with Gasteiger partial charge in [-0.2, -0.15) is 0 Å². The molecule has 6 nitrogen and oxygen atoms in total. The molecule has 3 rings (SSSR count). The number of nitrogens with one attached hydrogen (secondary N) is 1. The normalized spacial score (nSPS) is 11.2. The van der Waals surface area contributed by atoms with Gasteiger partial charge in [0.15, 0.2) is 17.3 Å². The number of aryl methyl sites for hydroxylation is 1. The maximum absolute atomic E-state index is 5.52. The molecule has 1 aromatic rings. The zero-order valence-corrected chi connectivity index (χ0v) is 14.8. The zero-order chi connectivity index (χ0) is 17.3. The van der Waals surface area contributed by atoms with Crippen LogP contribution in [0, 0.1) is 6.92 Å². The second-order valence-electron chi connectivity index (χ2n) is 5.95. The second-order valence-corrected chi connectivity index (χ2v) is 5.95. The first kappa shape index (κ1) is 16.2. The number of aromatic nitrogens is 4. The van der Waals surface area contributed by atoms with Crippen molar-refractivity contribution in [1.82, 2.24) is 19.5 Å². The summed E-state index contributed by atoms with van der Waals surface area (Å²) >= 11 is 0. The van der Waals surface area contributed by atoms with Crippen molar-refractivity contribution >= 4 is 5.82 Å². The molecular formula is C18H23N5O. The van der Waals surface area contributed by atoms with E-state index in [-0.39, 0.29) is 5.92 Å². The lowest BCUT2D eigenvalue weighted by Crippen LogP contribution is -2.13. The van der Waals surface area contributed by atoms with Crippen LogP contribution in [-0.4, -0.2) is 33.2 Å². The van der Waals surface area contributed by atoms with E-state index in [4.69, 9.17) is 19.7 Å². The second kappa shape index (κ2) is 6.47. The highest BCUT2D eigenvalue weighted by molar-refractivity contribution is 5.71. The number of methoxy groups -OCH3 is 1. The Balaban J connectivity index is 2.32. The largest absolute Gasteiger partial charge is 0.495 e. The molecule has 0 fully saturated rings. The van der Waals surface area contributed by atoms with Gasteiger partial charge in [0.05, 0.1) is 12.8 Å². The lowest BCUT2D eigenvalue weighted by atomic mass is 10.2. The number of rotatable bonds is 5. The highest BCUT2D eigenvalue weighted by Gasteiger charge is 2.24. The average Bonchev–Trinajstić information content (AvgIpc) is 3.01. The fourth-order valence-corrected chi connectivity index (χ4v) is 2.74. The predicted molar refractivity (Wildman–Crippen MR) is 95.3 cm³/mol. The highest BCUT2D eigenvalue weighted by atomic mass is 16.5. The topological polar surface area (TPSA) is 64.9 Å². The van der Waals surface area contributed by atoms with E-state index in [0.29, 0.717) is 0 Å². The van der Waals surface area contributed by atoms with E-state index in [1.807, 2.05) is 42.7 Å². The third-order valence-corrected chi connectivity index (χ3v) is 3.88. The van der Waals surface area contributed by atoms with Gasteiger partial charge in [0, 0.05) is 12.5 Å². The standard InChI is InChI=1S/C18H23N5O/c1-6-19-17-15-18(22-16(21-15)11(2)3)23(12(4)20-17)13-9-7-8-10-14(13)24-5/h7-11,19H,6H2,1-5H3. The van der Waals surface area contributed by atoms with Gasteiger partial charge >= 0.3 is 0 Å². The SMILES string of the molecule is CCNc1nc(C)n(-c2ccccc2OC)c2nc(C(C)C)nc1-2. The highest BCUT2D eigenvalue weighted by Crippen LogP contribution is 2.34. The fraction of sp³-hybridized carbons (Fsp3) is 0.389. The van der Waals surface area contributed by atoms with Crippen LogP contribution in [0.15, 0.2) is 24.3 Å². The molecule has 0 aliphatic carbocycles. The Morgan fingerprint density at radius 3 is 2.58 bits per heavy atom. The molecule has 0 spiro atoms. The summed E-state index contributed by atoms with van der Waals surface area (Å²) in [5, 5.41) is 3.29. The van der Waals surface area contributed by atoms with Gasteiger partial charge in [-0.05, 0) is 26.0 Å². The molecule has 0 aromatic heterocycles. The van der Waals surface area contributed by atoms with Gasteiger partial charge < -0.3 is 10.1 Å². The van der Waals surface area contributed by atoms with Crippen LogP contribution >= 0.6 is 0 Å². The minimum absolute atomic E-state index is 0.248. The summed E-state index contributed by atoms with van der Waals surface area (Å²) in [4.78, 5) is 14.2. The lowest BCUT2D eigenvalue weighted by molar-refractivity contribution is 0.412.